The molecule has 0 amide bonds. The van der Waals surface area contributed by atoms with Crippen LogP contribution in [0.3, 0.4) is 0 Å². The van der Waals surface area contributed by atoms with Gasteiger partial charge in [0.05, 0.1) is 19.8 Å². The van der Waals surface area contributed by atoms with E-state index in [1.807, 2.05) is 17.8 Å². The average Bonchev–Trinajstić information content (AvgIpc) is 2.63. The number of ether oxygens (including phenoxy) is 2. The summed E-state index contributed by atoms with van der Waals surface area (Å²) in [5.41, 5.74) is 1.30. The molecule has 1 rings (SSSR count). The second-order valence-corrected chi connectivity index (χ2v) is 3.47. The first-order valence-corrected chi connectivity index (χ1v) is 5.21. The van der Waals surface area contributed by atoms with Crippen molar-refractivity contribution in [1.29, 1.82) is 0 Å². The molecular weight excluding hydrogens is 192 g/mol. The highest BCUT2D eigenvalue weighted by Gasteiger charge is 1.93. The minimum atomic E-state index is 0.665. The van der Waals surface area contributed by atoms with Crippen molar-refractivity contribution in [1.82, 2.24) is 9.88 Å². The second kappa shape index (κ2) is 7.45. The zero-order valence-electron chi connectivity index (χ0n) is 9.53. The van der Waals surface area contributed by atoms with Gasteiger partial charge in [-0.05, 0) is 11.6 Å². The summed E-state index contributed by atoms with van der Waals surface area (Å²) in [5, 5.41) is 3.31. The van der Waals surface area contributed by atoms with Crippen molar-refractivity contribution in [2.24, 2.45) is 7.05 Å². The number of nitrogens with one attached hydrogen (secondary N) is 1. The summed E-state index contributed by atoms with van der Waals surface area (Å²) < 4.78 is 12.2. The minimum Gasteiger partial charge on any atom is -0.382 e. The molecule has 0 unspecified atom stereocenters. The molecule has 4 heteroatoms. The maximum Gasteiger partial charge on any atom is 0.0700 e. The summed E-state index contributed by atoms with van der Waals surface area (Å²) in [6.07, 6.45) is 4.16. The molecule has 0 bridgehead atoms. The zero-order valence-corrected chi connectivity index (χ0v) is 9.53. The molecule has 0 saturated carbocycles. The predicted molar refractivity (Wildman–Crippen MR) is 59.8 cm³/mol. The van der Waals surface area contributed by atoms with E-state index >= 15 is 0 Å². The molecule has 0 aliphatic heterocycles. The van der Waals surface area contributed by atoms with Crippen LogP contribution in [0.25, 0.3) is 0 Å². The van der Waals surface area contributed by atoms with Gasteiger partial charge >= 0.3 is 0 Å². The van der Waals surface area contributed by atoms with Gasteiger partial charge in [-0.3, -0.25) is 0 Å². The van der Waals surface area contributed by atoms with Crippen molar-refractivity contribution >= 4 is 0 Å². The van der Waals surface area contributed by atoms with E-state index in [1.54, 1.807) is 7.11 Å². The van der Waals surface area contributed by atoms with E-state index in [2.05, 4.69) is 17.6 Å². The molecule has 1 heterocycles. The first-order valence-electron chi connectivity index (χ1n) is 5.21. The lowest BCUT2D eigenvalue weighted by atomic mass is 10.3. The van der Waals surface area contributed by atoms with Crippen molar-refractivity contribution in [3.05, 3.63) is 24.0 Å². The topological polar surface area (TPSA) is 35.4 Å². The maximum atomic E-state index is 5.32. The van der Waals surface area contributed by atoms with Crippen LogP contribution >= 0.6 is 0 Å². The zero-order chi connectivity index (χ0) is 10.9. The summed E-state index contributed by atoms with van der Waals surface area (Å²) in [6.45, 7) is 3.84. The first-order chi connectivity index (χ1) is 7.33. The van der Waals surface area contributed by atoms with Crippen LogP contribution in [0.2, 0.25) is 0 Å². The van der Waals surface area contributed by atoms with Crippen LogP contribution in [-0.2, 0) is 23.1 Å². The van der Waals surface area contributed by atoms with E-state index in [1.165, 1.54) is 5.56 Å². The van der Waals surface area contributed by atoms with E-state index in [-0.39, 0.29) is 0 Å². The standard InChI is InChI=1S/C11H20N2O2/c1-13-5-3-11(10-13)9-12-4-6-15-8-7-14-2/h3,5,10,12H,4,6-9H2,1-2H3. The molecule has 0 aliphatic rings. The average molecular weight is 212 g/mol. The number of nitrogens with zero attached hydrogens (tertiary/aromatic N) is 1. The molecule has 0 fully saturated rings. The van der Waals surface area contributed by atoms with Gasteiger partial charge < -0.3 is 19.4 Å². The Balaban J connectivity index is 1.93. The molecule has 1 N–H and O–H groups in total. The number of rotatable bonds is 8. The Hall–Kier alpha value is -0.840. The van der Waals surface area contributed by atoms with E-state index in [0.717, 1.165) is 19.7 Å². The fourth-order valence-electron chi connectivity index (χ4n) is 1.29. The quantitative estimate of drug-likeness (QED) is 0.647. The van der Waals surface area contributed by atoms with Gasteiger partial charge in [-0.15, -0.1) is 0 Å². The first kappa shape index (κ1) is 12.2. The highest BCUT2D eigenvalue weighted by molar-refractivity contribution is 5.09. The molecule has 0 aromatic carbocycles. The van der Waals surface area contributed by atoms with Gasteiger partial charge in [0.25, 0.3) is 0 Å². The smallest absolute Gasteiger partial charge is 0.0700 e. The van der Waals surface area contributed by atoms with Crippen LogP contribution in [-0.4, -0.2) is 38.0 Å². The number of aromatic nitrogens is 1. The van der Waals surface area contributed by atoms with Crippen molar-refractivity contribution in [2.75, 3.05) is 33.5 Å². The summed E-state index contributed by atoms with van der Waals surface area (Å²) in [7, 11) is 3.70. The van der Waals surface area contributed by atoms with Crippen LogP contribution in [0.15, 0.2) is 18.5 Å². The lowest BCUT2D eigenvalue weighted by molar-refractivity contribution is 0.0719. The summed E-state index contributed by atoms with van der Waals surface area (Å²) in [4.78, 5) is 0. The third kappa shape index (κ3) is 5.57. The van der Waals surface area contributed by atoms with Crippen LogP contribution in [0.1, 0.15) is 5.56 Å². The summed E-state index contributed by atoms with van der Waals surface area (Å²) in [6, 6.07) is 2.11. The van der Waals surface area contributed by atoms with E-state index < -0.39 is 0 Å². The Kier molecular flexibility index (Phi) is 6.08. The largest absolute Gasteiger partial charge is 0.382 e. The third-order valence-corrected chi connectivity index (χ3v) is 2.08. The number of hydrogen-bond donors (Lipinski definition) is 1. The molecular formula is C11H20N2O2. The monoisotopic (exact) mass is 212 g/mol. The fraction of sp³-hybridized carbons (Fsp3) is 0.636. The van der Waals surface area contributed by atoms with Gasteiger partial charge in [0.15, 0.2) is 0 Å². The van der Waals surface area contributed by atoms with Crippen LogP contribution in [0.5, 0.6) is 0 Å². The summed E-state index contributed by atoms with van der Waals surface area (Å²) in [5.74, 6) is 0. The molecule has 1 aromatic rings. The van der Waals surface area contributed by atoms with Crippen molar-refractivity contribution < 1.29 is 9.47 Å². The molecule has 0 aliphatic carbocycles. The summed E-state index contributed by atoms with van der Waals surface area (Å²) >= 11 is 0. The fourth-order valence-corrected chi connectivity index (χ4v) is 1.29. The van der Waals surface area contributed by atoms with Gasteiger partial charge in [-0.25, -0.2) is 0 Å². The van der Waals surface area contributed by atoms with E-state index in [0.29, 0.717) is 13.2 Å². The normalized spacial score (nSPS) is 10.8. The van der Waals surface area contributed by atoms with E-state index in [9.17, 15) is 0 Å². The van der Waals surface area contributed by atoms with Gasteiger partial charge in [-0.2, -0.15) is 0 Å². The van der Waals surface area contributed by atoms with Crippen LogP contribution in [0, 0.1) is 0 Å². The number of methoxy groups -OCH3 is 1. The molecule has 0 spiro atoms. The molecule has 1 aromatic heterocycles. The lowest BCUT2D eigenvalue weighted by Crippen LogP contribution is -2.19. The van der Waals surface area contributed by atoms with Crippen LogP contribution < -0.4 is 5.32 Å². The van der Waals surface area contributed by atoms with Crippen molar-refractivity contribution in [3.63, 3.8) is 0 Å². The predicted octanol–water partition coefficient (Wildman–Crippen LogP) is 0.778. The highest BCUT2D eigenvalue weighted by atomic mass is 16.5. The van der Waals surface area contributed by atoms with E-state index in [4.69, 9.17) is 9.47 Å². The SMILES string of the molecule is COCCOCCNCc1ccn(C)c1. The van der Waals surface area contributed by atoms with Crippen LogP contribution in [0.4, 0.5) is 0 Å². The number of hydrogen-bond acceptors (Lipinski definition) is 3. The Morgan fingerprint density at radius 3 is 2.87 bits per heavy atom. The molecule has 0 saturated heterocycles. The van der Waals surface area contributed by atoms with Crippen molar-refractivity contribution in [2.45, 2.75) is 6.54 Å². The number of aryl methyl sites for hydroxylation is 1. The maximum absolute atomic E-state index is 5.32. The third-order valence-electron chi connectivity index (χ3n) is 2.08. The molecule has 15 heavy (non-hydrogen) atoms. The van der Waals surface area contributed by atoms with Gasteiger partial charge in [0.2, 0.25) is 0 Å². The molecule has 0 atom stereocenters. The van der Waals surface area contributed by atoms with Gasteiger partial charge in [0.1, 0.15) is 0 Å². The Morgan fingerprint density at radius 1 is 1.33 bits per heavy atom. The Morgan fingerprint density at radius 2 is 2.20 bits per heavy atom. The highest BCUT2D eigenvalue weighted by Crippen LogP contribution is 1.97. The lowest BCUT2D eigenvalue weighted by Gasteiger charge is -2.04. The Labute approximate surface area is 91.2 Å². The molecule has 4 nitrogen and oxygen atoms in total. The Bertz CT molecular complexity index is 261. The molecule has 86 valence electrons. The van der Waals surface area contributed by atoms with Gasteiger partial charge in [-0.1, -0.05) is 0 Å². The second-order valence-electron chi connectivity index (χ2n) is 3.47. The van der Waals surface area contributed by atoms with Gasteiger partial charge in [0, 0.05) is 39.6 Å². The minimum absolute atomic E-state index is 0.665. The van der Waals surface area contributed by atoms with Crippen molar-refractivity contribution in [3.8, 4) is 0 Å². The molecule has 0 radical (unpaired) electrons.